The molecule has 1 aromatic carbocycles. The second-order valence-electron chi connectivity index (χ2n) is 4.81. The van der Waals surface area contributed by atoms with Crippen LogP contribution in [0.15, 0.2) is 36.9 Å². The molecule has 0 saturated carbocycles. The number of fused-ring (bicyclic) bond motifs is 1. The lowest BCUT2D eigenvalue weighted by atomic mass is 10.3. The third-order valence-electron chi connectivity index (χ3n) is 2.95. The number of aromatic nitrogens is 6. The van der Waals surface area contributed by atoms with Crippen LogP contribution in [0, 0.1) is 0 Å². The zero-order valence-corrected chi connectivity index (χ0v) is 11.5. The second kappa shape index (κ2) is 5.70. The van der Waals surface area contributed by atoms with Gasteiger partial charge < -0.3 is 5.32 Å². The van der Waals surface area contributed by atoms with E-state index in [9.17, 15) is 4.79 Å². The predicted octanol–water partition coefficient (Wildman–Crippen LogP) is 0.228. The third-order valence-corrected chi connectivity index (χ3v) is 2.95. The number of hydrogen-bond donors (Lipinski definition) is 1. The first-order valence-electron chi connectivity index (χ1n) is 6.62. The van der Waals surface area contributed by atoms with E-state index in [-0.39, 0.29) is 18.5 Å². The molecule has 3 rings (SSSR count). The van der Waals surface area contributed by atoms with Crippen LogP contribution in [0.4, 0.5) is 0 Å². The number of rotatable bonds is 5. The largest absolute Gasteiger partial charge is 0.350 e. The summed E-state index contributed by atoms with van der Waals surface area (Å²) in [5, 5.41) is 15.4. The minimum absolute atomic E-state index is 0.0517. The molecule has 1 amide bonds. The van der Waals surface area contributed by atoms with E-state index in [1.165, 1.54) is 11.1 Å². The van der Waals surface area contributed by atoms with Crippen LogP contribution >= 0.6 is 0 Å². The molecule has 1 N–H and O–H groups in total. The first kappa shape index (κ1) is 13.2. The van der Waals surface area contributed by atoms with E-state index in [0.29, 0.717) is 6.54 Å². The number of nitrogens with zero attached hydrogens (tertiary/aromatic N) is 6. The molecule has 0 aliphatic rings. The highest BCUT2D eigenvalue weighted by Crippen LogP contribution is 2.06. The standard InChI is InChI=1S/C13H15N7O/c1-10(6-19-9-14-8-15-19)16-13(21)7-20-17-11-4-2-3-5-12(11)18-20/h2-5,8-10H,6-7H2,1H3,(H,16,21)/t10-/m1/s1. The van der Waals surface area contributed by atoms with Gasteiger partial charge in [0.25, 0.3) is 0 Å². The van der Waals surface area contributed by atoms with Gasteiger partial charge in [0.1, 0.15) is 30.2 Å². The topological polar surface area (TPSA) is 90.5 Å². The maximum Gasteiger partial charge on any atom is 0.243 e. The number of hydrogen-bond acceptors (Lipinski definition) is 5. The molecule has 0 saturated heterocycles. The van der Waals surface area contributed by atoms with Crippen molar-refractivity contribution >= 4 is 16.9 Å². The normalized spacial score (nSPS) is 12.4. The van der Waals surface area contributed by atoms with Crippen LogP contribution in [-0.4, -0.2) is 41.7 Å². The Morgan fingerprint density at radius 1 is 1.29 bits per heavy atom. The Morgan fingerprint density at radius 3 is 2.62 bits per heavy atom. The molecule has 21 heavy (non-hydrogen) atoms. The van der Waals surface area contributed by atoms with Gasteiger partial charge in [-0.2, -0.15) is 20.1 Å². The third kappa shape index (κ3) is 3.22. The van der Waals surface area contributed by atoms with Crippen LogP contribution in [0.25, 0.3) is 11.0 Å². The molecule has 0 spiro atoms. The molecule has 0 aliphatic heterocycles. The molecule has 108 valence electrons. The first-order chi connectivity index (χ1) is 10.2. The van der Waals surface area contributed by atoms with Gasteiger partial charge in [-0.05, 0) is 19.1 Å². The van der Waals surface area contributed by atoms with Crippen LogP contribution in [0.2, 0.25) is 0 Å². The minimum Gasteiger partial charge on any atom is -0.350 e. The van der Waals surface area contributed by atoms with E-state index in [1.807, 2.05) is 31.2 Å². The van der Waals surface area contributed by atoms with Crippen LogP contribution in [0.3, 0.4) is 0 Å². The van der Waals surface area contributed by atoms with Crippen molar-refractivity contribution in [2.45, 2.75) is 26.1 Å². The predicted molar refractivity (Wildman–Crippen MR) is 75.2 cm³/mol. The maximum absolute atomic E-state index is 12.0. The molecular formula is C13H15N7O. The molecule has 2 aromatic heterocycles. The van der Waals surface area contributed by atoms with Gasteiger partial charge in [-0.1, -0.05) is 12.1 Å². The Hall–Kier alpha value is -2.77. The summed E-state index contributed by atoms with van der Waals surface area (Å²) in [6.45, 7) is 2.57. The Labute approximate surface area is 120 Å². The van der Waals surface area contributed by atoms with E-state index in [4.69, 9.17) is 0 Å². The molecule has 2 heterocycles. The monoisotopic (exact) mass is 285 g/mol. The van der Waals surface area contributed by atoms with E-state index in [0.717, 1.165) is 11.0 Å². The number of benzene rings is 1. The summed E-state index contributed by atoms with van der Waals surface area (Å²) in [7, 11) is 0. The summed E-state index contributed by atoms with van der Waals surface area (Å²) in [4.78, 5) is 17.2. The van der Waals surface area contributed by atoms with Crippen molar-refractivity contribution in [2.75, 3.05) is 0 Å². The van der Waals surface area contributed by atoms with Crippen LogP contribution in [0.5, 0.6) is 0 Å². The van der Waals surface area contributed by atoms with Gasteiger partial charge in [-0.25, -0.2) is 4.98 Å². The summed E-state index contributed by atoms with van der Waals surface area (Å²) < 4.78 is 1.67. The van der Waals surface area contributed by atoms with E-state index < -0.39 is 0 Å². The smallest absolute Gasteiger partial charge is 0.243 e. The molecule has 1 atom stereocenters. The summed E-state index contributed by atoms with van der Waals surface area (Å²) in [6.07, 6.45) is 3.08. The Morgan fingerprint density at radius 2 is 2.00 bits per heavy atom. The number of carbonyl (C=O) groups excluding carboxylic acids is 1. The zero-order chi connectivity index (χ0) is 14.7. The maximum atomic E-state index is 12.0. The SMILES string of the molecule is C[C@H](Cn1cncn1)NC(=O)Cn1nc2ccccc2n1. The molecular weight excluding hydrogens is 270 g/mol. The van der Waals surface area contributed by atoms with E-state index in [2.05, 4.69) is 25.6 Å². The Kier molecular flexibility index (Phi) is 3.59. The minimum atomic E-state index is -0.136. The first-order valence-corrected chi connectivity index (χ1v) is 6.62. The molecule has 0 aliphatic carbocycles. The van der Waals surface area contributed by atoms with Crippen molar-refractivity contribution in [3.63, 3.8) is 0 Å². The lowest BCUT2D eigenvalue weighted by Crippen LogP contribution is -2.38. The summed E-state index contributed by atoms with van der Waals surface area (Å²) in [5.41, 5.74) is 1.56. The van der Waals surface area contributed by atoms with Gasteiger partial charge in [-0.3, -0.25) is 9.48 Å². The van der Waals surface area contributed by atoms with Crippen molar-refractivity contribution in [1.29, 1.82) is 0 Å². The highest BCUT2D eigenvalue weighted by molar-refractivity contribution is 5.77. The number of nitrogens with one attached hydrogen (secondary N) is 1. The molecule has 8 nitrogen and oxygen atoms in total. The van der Waals surface area contributed by atoms with Gasteiger partial charge in [0.15, 0.2) is 0 Å². The van der Waals surface area contributed by atoms with Gasteiger partial charge in [0.05, 0.1) is 6.54 Å². The summed E-state index contributed by atoms with van der Waals surface area (Å²) in [6, 6.07) is 7.46. The average Bonchev–Trinajstić information content (AvgIpc) is 3.06. The number of amides is 1. The van der Waals surface area contributed by atoms with Crippen LogP contribution < -0.4 is 5.32 Å². The van der Waals surface area contributed by atoms with E-state index in [1.54, 1.807) is 11.0 Å². The van der Waals surface area contributed by atoms with Gasteiger partial charge in [0, 0.05) is 6.04 Å². The second-order valence-corrected chi connectivity index (χ2v) is 4.81. The lowest BCUT2D eigenvalue weighted by molar-refractivity contribution is -0.122. The average molecular weight is 285 g/mol. The molecule has 0 unspecified atom stereocenters. The highest BCUT2D eigenvalue weighted by atomic mass is 16.2. The fourth-order valence-electron chi connectivity index (χ4n) is 2.08. The van der Waals surface area contributed by atoms with Crippen molar-refractivity contribution in [3.05, 3.63) is 36.9 Å². The molecule has 0 radical (unpaired) electrons. The Balaban J connectivity index is 1.58. The van der Waals surface area contributed by atoms with Crippen molar-refractivity contribution in [1.82, 2.24) is 35.1 Å². The van der Waals surface area contributed by atoms with E-state index >= 15 is 0 Å². The zero-order valence-electron chi connectivity index (χ0n) is 11.5. The summed E-state index contributed by atoms with van der Waals surface area (Å²) >= 11 is 0. The molecule has 3 aromatic rings. The molecule has 0 fully saturated rings. The molecule has 8 heteroatoms. The van der Waals surface area contributed by atoms with Crippen molar-refractivity contribution < 1.29 is 4.79 Å². The number of carbonyl (C=O) groups is 1. The van der Waals surface area contributed by atoms with Crippen LogP contribution in [0.1, 0.15) is 6.92 Å². The van der Waals surface area contributed by atoms with Crippen LogP contribution in [-0.2, 0) is 17.9 Å². The van der Waals surface area contributed by atoms with Gasteiger partial charge in [-0.15, -0.1) is 0 Å². The lowest BCUT2D eigenvalue weighted by Gasteiger charge is -2.13. The fourth-order valence-corrected chi connectivity index (χ4v) is 2.08. The summed E-state index contributed by atoms with van der Waals surface area (Å²) in [5.74, 6) is -0.136. The highest BCUT2D eigenvalue weighted by Gasteiger charge is 2.11. The quantitative estimate of drug-likeness (QED) is 0.724. The Bertz CT molecular complexity index is 701. The van der Waals surface area contributed by atoms with Gasteiger partial charge in [0.2, 0.25) is 5.91 Å². The van der Waals surface area contributed by atoms with Crippen molar-refractivity contribution in [3.8, 4) is 0 Å². The fraction of sp³-hybridized carbons (Fsp3) is 0.308. The van der Waals surface area contributed by atoms with Crippen molar-refractivity contribution in [2.24, 2.45) is 0 Å². The molecule has 0 bridgehead atoms. The van der Waals surface area contributed by atoms with Gasteiger partial charge >= 0.3 is 0 Å².